The molecule has 2 aromatic carbocycles. The maximum Gasteiger partial charge on any atom is 0.189 e. The molecule has 0 bridgehead atoms. The van der Waals surface area contributed by atoms with Gasteiger partial charge in [-0.1, -0.05) is 30.3 Å². The van der Waals surface area contributed by atoms with Crippen molar-refractivity contribution in [2.75, 3.05) is 0 Å². The first-order valence-corrected chi connectivity index (χ1v) is 6.18. The Balaban J connectivity index is 2.18. The summed E-state index contributed by atoms with van der Waals surface area (Å²) in [5.74, 6) is -0.230. The van der Waals surface area contributed by atoms with Crippen LogP contribution in [0.3, 0.4) is 0 Å². The molecule has 0 N–H and O–H groups in total. The molecule has 0 fully saturated rings. The highest BCUT2D eigenvalue weighted by atomic mass is 19.1. The molecule has 2 heteroatoms. The van der Waals surface area contributed by atoms with Gasteiger partial charge in [-0.2, -0.15) is 0 Å². The van der Waals surface area contributed by atoms with Crippen molar-refractivity contribution in [3.63, 3.8) is 0 Å². The molecule has 0 aromatic heterocycles. The van der Waals surface area contributed by atoms with Crippen LogP contribution in [-0.4, -0.2) is 5.78 Å². The Hall–Kier alpha value is -1.96. The lowest BCUT2D eigenvalue weighted by molar-refractivity contribution is 0.103. The Morgan fingerprint density at radius 1 is 1.06 bits per heavy atom. The summed E-state index contributed by atoms with van der Waals surface area (Å²) < 4.78 is 13.7. The average molecular weight is 240 g/mol. The van der Waals surface area contributed by atoms with Crippen LogP contribution in [0.25, 0.3) is 10.8 Å². The van der Waals surface area contributed by atoms with Crippen LogP contribution in [0, 0.1) is 5.82 Å². The van der Waals surface area contributed by atoms with Gasteiger partial charge in [0.15, 0.2) is 5.78 Å². The van der Waals surface area contributed by atoms with Gasteiger partial charge in [0.25, 0.3) is 0 Å². The van der Waals surface area contributed by atoms with Crippen molar-refractivity contribution >= 4 is 16.6 Å². The van der Waals surface area contributed by atoms with E-state index in [9.17, 15) is 9.18 Å². The van der Waals surface area contributed by atoms with E-state index in [1.807, 2.05) is 12.1 Å². The van der Waals surface area contributed by atoms with Gasteiger partial charge in [-0.05, 0) is 42.4 Å². The average Bonchev–Trinajstić information content (AvgIpc) is 2.93. The van der Waals surface area contributed by atoms with Crippen LogP contribution < -0.4 is 0 Å². The lowest BCUT2D eigenvalue weighted by atomic mass is 9.96. The molecule has 0 spiro atoms. The molecule has 1 nitrogen and oxygen atoms in total. The van der Waals surface area contributed by atoms with E-state index in [4.69, 9.17) is 0 Å². The molecular weight excluding hydrogens is 227 g/mol. The van der Waals surface area contributed by atoms with Crippen LogP contribution in [0.2, 0.25) is 0 Å². The second-order valence-electron chi connectivity index (χ2n) is 4.59. The van der Waals surface area contributed by atoms with E-state index in [0.717, 1.165) is 24.8 Å². The molecule has 0 unspecified atom stereocenters. The van der Waals surface area contributed by atoms with Gasteiger partial charge in [0.2, 0.25) is 0 Å². The second kappa shape index (κ2) is 4.37. The smallest absolute Gasteiger partial charge is 0.189 e. The number of rotatable bonds is 2. The first-order valence-electron chi connectivity index (χ1n) is 6.18. The maximum absolute atomic E-state index is 13.7. The third-order valence-electron chi connectivity index (χ3n) is 3.45. The summed E-state index contributed by atoms with van der Waals surface area (Å²) in [6.45, 7) is 0. The van der Waals surface area contributed by atoms with Gasteiger partial charge >= 0.3 is 0 Å². The fourth-order valence-corrected chi connectivity index (χ4v) is 2.51. The van der Waals surface area contributed by atoms with Gasteiger partial charge in [0.1, 0.15) is 5.82 Å². The van der Waals surface area contributed by atoms with Crippen LogP contribution in [0.15, 0.2) is 48.0 Å². The van der Waals surface area contributed by atoms with Crippen LogP contribution in [-0.2, 0) is 0 Å². The molecule has 2 aromatic rings. The summed E-state index contributed by atoms with van der Waals surface area (Å²) >= 11 is 0. The van der Waals surface area contributed by atoms with Gasteiger partial charge in [-0.15, -0.1) is 0 Å². The quantitative estimate of drug-likeness (QED) is 0.716. The van der Waals surface area contributed by atoms with Gasteiger partial charge in [0.05, 0.1) is 0 Å². The fraction of sp³-hybridized carbons (Fsp3) is 0.188. The summed E-state index contributed by atoms with van der Waals surface area (Å²) in [4.78, 5) is 12.4. The Labute approximate surface area is 105 Å². The Bertz CT molecular complexity index is 655. The van der Waals surface area contributed by atoms with Crippen LogP contribution in [0.1, 0.15) is 29.6 Å². The number of fused-ring (bicyclic) bond motifs is 1. The van der Waals surface area contributed by atoms with Crippen LogP contribution in [0.4, 0.5) is 4.39 Å². The first kappa shape index (κ1) is 11.1. The van der Waals surface area contributed by atoms with Crippen molar-refractivity contribution in [2.45, 2.75) is 19.3 Å². The van der Waals surface area contributed by atoms with E-state index < -0.39 is 0 Å². The fourth-order valence-electron chi connectivity index (χ4n) is 2.51. The van der Waals surface area contributed by atoms with E-state index in [2.05, 4.69) is 0 Å². The third-order valence-corrected chi connectivity index (χ3v) is 3.45. The molecule has 90 valence electrons. The Kier molecular flexibility index (Phi) is 2.71. The maximum atomic E-state index is 13.7. The molecule has 18 heavy (non-hydrogen) atoms. The second-order valence-corrected chi connectivity index (χ2v) is 4.59. The zero-order valence-electron chi connectivity index (χ0n) is 9.95. The highest BCUT2D eigenvalue weighted by Gasteiger charge is 2.18. The summed E-state index contributed by atoms with van der Waals surface area (Å²) in [5, 5.41) is 1.22. The number of hydrogen-bond donors (Lipinski definition) is 0. The number of hydrogen-bond acceptors (Lipinski definition) is 1. The van der Waals surface area contributed by atoms with Crippen LogP contribution in [0.5, 0.6) is 0 Å². The van der Waals surface area contributed by atoms with Gasteiger partial charge < -0.3 is 0 Å². The standard InChI is InChI=1S/C16H13FO/c17-15-10-9-14(12-7-3-4-8-13(12)15)16(18)11-5-1-2-6-11/h3-5,7-10H,1-2,6H2. The van der Waals surface area contributed by atoms with Crippen LogP contribution >= 0.6 is 0 Å². The zero-order valence-corrected chi connectivity index (χ0v) is 9.95. The predicted octanol–water partition coefficient (Wildman–Crippen LogP) is 4.27. The molecule has 0 atom stereocenters. The molecule has 0 heterocycles. The molecule has 3 rings (SSSR count). The number of Topliss-reactive ketones (excluding diaryl/α,β-unsaturated/α-hetero) is 1. The Morgan fingerprint density at radius 2 is 1.83 bits per heavy atom. The molecule has 0 saturated carbocycles. The molecule has 1 aliphatic rings. The van der Waals surface area contributed by atoms with Crippen molar-refractivity contribution in [1.82, 2.24) is 0 Å². The van der Waals surface area contributed by atoms with E-state index in [1.54, 1.807) is 24.3 Å². The number of ketones is 1. The van der Waals surface area contributed by atoms with Crippen molar-refractivity contribution in [1.29, 1.82) is 0 Å². The number of carbonyl (C=O) groups excluding carboxylic acids is 1. The topological polar surface area (TPSA) is 17.1 Å². The van der Waals surface area contributed by atoms with E-state index in [0.29, 0.717) is 16.3 Å². The number of allylic oxidation sites excluding steroid dienone is 2. The highest BCUT2D eigenvalue weighted by molar-refractivity contribution is 6.16. The predicted molar refractivity (Wildman–Crippen MR) is 70.2 cm³/mol. The number of benzene rings is 2. The first-order chi connectivity index (χ1) is 8.77. The van der Waals surface area contributed by atoms with Gasteiger partial charge in [-0.25, -0.2) is 4.39 Å². The van der Waals surface area contributed by atoms with E-state index >= 15 is 0 Å². The minimum Gasteiger partial charge on any atom is -0.289 e. The highest BCUT2D eigenvalue weighted by Crippen LogP contribution is 2.27. The normalized spacial score (nSPS) is 14.8. The largest absolute Gasteiger partial charge is 0.289 e. The van der Waals surface area contributed by atoms with E-state index in [1.165, 1.54) is 6.07 Å². The summed E-state index contributed by atoms with van der Waals surface area (Å²) in [6, 6.07) is 10.1. The number of halogens is 1. The zero-order chi connectivity index (χ0) is 12.5. The van der Waals surface area contributed by atoms with Crippen molar-refractivity contribution in [3.8, 4) is 0 Å². The molecule has 0 radical (unpaired) electrons. The van der Waals surface area contributed by atoms with Crippen molar-refractivity contribution in [3.05, 3.63) is 59.4 Å². The molecule has 1 aliphatic carbocycles. The van der Waals surface area contributed by atoms with Crippen molar-refractivity contribution in [2.24, 2.45) is 0 Å². The van der Waals surface area contributed by atoms with E-state index in [-0.39, 0.29) is 11.6 Å². The minimum atomic E-state index is -0.275. The van der Waals surface area contributed by atoms with Gasteiger partial charge in [-0.3, -0.25) is 4.79 Å². The lowest BCUT2D eigenvalue weighted by Crippen LogP contribution is -2.03. The molecule has 0 aliphatic heterocycles. The van der Waals surface area contributed by atoms with Crippen molar-refractivity contribution < 1.29 is 9.18 Å². The molecule has 0 saturated heterocycles. The summed E-state index contributed by atoms with van der Waals surface area (Å²) in [6.07, 6.45) is 4.85. The van der Waals surface area contributed by atoms with Gasteiger partial charge in [0, 0.05) is 10.9 Å². The number of carbonyl (C=O) groups is 1. The SMILES string of the molecule is O=C(C1=CCCC1)c1ccc(F)c2ccccc12. The summed E-state index contributed by atoms with van der Waals surface area (Å²) in [5.41, 5.74) is 1.48. The monoisotopic (exact) mass is 240 g/mol. The third kappa shape index (κ3) is 1.74. The Morgan fingerprint density at radius 3 is 2.56 bits per heavy atom. The minimum absolute atomic E-state index is 0.0451. The summed E-state index contributed by atoms with van der Waals surface area (Å²) in [7, 11) is 0. The lowest BCUT2D eigenvalue weighted by Gasteiger charge is -2.07. The molecular formula is C16H13FO. The molecule has 0 amide bonds.